The van der Waals surface area contributed by atoms with Crippen molar-refractivity contribution < 1.29 is 9.59 Å². The van der Waals surface area contributed by atoms with Gasteiger partial charge in [-0.15, -0.1) is 0 Å². The van der Waals surface area contributed by atoms with Crippen LogP contribution in [0.2, 0.25) is 0 Å². The molecule has 0 unspecified atom stereocenters. The fraction of sp³-hybridized carbons (Fsp3) is 0.160. The van der Waals surface area contributed by atoms with Gasteiger partial charge in [0.1, 0.15) is 0 Å². The summed E-state index contributed by atoms with van der Waals surface area (Å²) in [6.07, 6.45) is 0. The van der Waals surface area contributed by atoms with Crippen LogP contribution in [0.4, 0.5) is 5.13 Å². The number of amides is 1. The van der Waals surface area contributed by atoms with Crippen molar-refractivity contribution >= 4 is 38.4 Å². The molecule has 0 aliphatic rings. The van der Waals surface area contributed by atoms with Crippen molar-refractivity contribution in [3.05, 3.63) is 95.6 Å². The molecular formula is C25H23N3O2S. The van der Waals surface area contributed by atoms with Gasteiger partial charge in [0.25, 0.3) is 5.91 Å². The standard InChI is InChI=1S/C25H23N3O2S/c1-27(2)16-17-28(25-26-21-10-6-7-11-22(21)31-25)24(30)20-14-12-19(13-15-20)23(29)18-8-4-3-5-9-18/h3-15H,16-17H2,1-2H3. The van der Waals surface area contributed by atoms with E-state index in [9.17, 15) is 9.59 Å². The van der Waals surface area contributed by atoms with Gasteiger partial charge in [-0.25, -0.2) is 4.98 Å². The molecule has 0 aliphatic heterocycles. The van der Waals surface area contributed by atoms with Gasteiger partial charge in [-0.05, 0) is 38.4 Å². The summed E-state index contributed by atoms with van der Waals surface area (Å²) in [5.74, 6) is -0.185. The maximum atomic E-state index is 13.4. The van der Waals surface area contributed by atoms with Crippen molar-refractivity contribution in [2.45, 2.75) is 0 Å². The summed E-state index contributed by atoms with van der Waals surface area (Å²) < 4.78 is 1.05. The van der Waals surface area contributed by atoms with E-state index in [1.165, 1.54) is 11.3 Å². The second-order valence-electron chi connectivity index (χ2n) is 7.50. The van der Waals surface area contributed by atoms with Crippen molar-refractivity contribution in [3.63, 3.8) is 0 Å². The average Bonchev–Trinajstić information content (AvgIpc) is 3.23. The number of ketones is 1. The molecule has 4 rings (SSSR count). The average molecular weight is 430 g/mol. The van der Waals surface area contributed by atoms with Crippen LogP contribution in [0.25, 0.3) is 10.2 Å². The topological polar surface area (TPSA) is 53.5 Å². The molecule has 0 fully saturated rings. The molecule has 6 heteroatoms. The van der Waals surface area contributed by atoms with Crippen molar-refractivity contribution in [2.24, 2.45) is 0 Å². The van der Waals surface area contributed by atoms with E-state index < -0.39 is 0 Å². The Hall–Kier alpha value is -3.35. The molecule has 5 nitrogen and oxygen atoms in total. The van der Waals surface area contributed by atoms with Gasteiger partial charge in [-0.1, -0.05) is 65.9 Å². The number of hydrogen-bond donors (Lipinski definition) is 0. The SMILES string of the molecule is CN(C)CCN(C(=O)c1ccc(C(=O)c2ccccc2)cc1)c1nc2ccccc2s1. The first-order valence-corrected chi connectivity index (χ1v) is 10.9. The minimum atomic E-state index is -0.125. The highest BCUT2D eigenvalue weighted by Gasteiger charge is 2.22. The Kier molecular flexibility index (Phi) is 6.21. The molecule has 0 spiro atoms. The number of para-hydroxylation sites is 1. The fourth-order valence-electron chi connectivity index (χ4n) is 3.24. The molecule has 0 saturated heterocycles. The monoisotopic (exact) mass is 429 g/mol. The largest absolute Gasteiger partial charge is 0.308 e. The highest BCUT2D eigenvalue weighted by molar-refractivity contribution is 7.22. The van der Waals surface area contributed by atoms with Crippen molar-refractivity contribution in [1.29, 1.82) is 0 Å². The van der Waals surface area contributed by atoms with E-state index in [0.29, 0.717) is 34.9 Å². The first-order valence-electron chi connectivity index (χ1n) is 10.0. The molecule has 0 saturated carbocycles. The maximum Gasteiger partial charge on any atom is 0.260 e. The smallest absolute Gasteiger partial charge is 0.260 e. The van der Waals surface area contributed by atoms with Crippen LogP contribution in [0, 0.1) is 0 Å². The predicted molar refractivity (Wildman–Crippen MR) is 126 cm³/mol. The van der Waals surface area contributed by atoms with Crippen LogP contribution in [0.15, 0.2) is 78.9 Å². The Morgan fingerprint density at radius 3 is 2.06 bits per heavy atom. The molecule has 3 aromatic carbocycles. The van der Waals surface area contributed by atoms with E-state index in [-0.39, 0.29) is 11.7 Å². The van der Waals surface area contributed by atoms with Crippen molar-refractivity contribution in [2.75, 3.05) is 32.1 Å². The molecule has 0 radical (unpaired) electrons. The number of hydrogen-bond acceptors (Lipinski definition) is 5. The number of anilines is 1. The van der Waals surface area contributed by atoms with Gasteiger partial charge in [0, 0.05) is 29.8 Å². The number of carbonyl (C=O) groups is 2. The first kappa shape index (κ1) is 20.9. The van der Waals surface area contributed by atoms with Gasteiger partial charge in [0.15, 0.2) is 10.9 Å². The molecule has 1 heterocycles. The van der Waals surface area contributed by atoms with Crippen LogP contribution < -0.4 is 4.90 Å². The third-order valence-electron chi connectivity index (χ3n) is 4.96. The highest BCUT2D eigenvalue weighted by Crippen LogP contribution is 2.29. The maximum absolute atomic E-state index is 13.4. The van der Waals surface area contributed by atoms with Crippen LogP contribution in [-0.2, 0) is 0 Å². The zero-order valence-corrected chi connectivity index (χ0v) is 18.3. The molecule has 0 aliphatic carbocycles. The van der Waals surface area contributed by atoms with Gasteiger partial charge in [0.05, 0.1) is 10.2 Å². The quantitative estimate of drug-likeness (QED) is 0.398. The highest BCUT2D eigenvalue weighted by atomic mass is 32.1. The Labute approximate surface area is 185 Å². The molecule has 1 amide bonds. The number of benzene rings is 3. The summed E-state index contributed by atoms with van der Waals surface area (Å²) in [4.78, 5) is 34.5. The number of nitrogens with zero attached hydrogens (tertiary/aromatic N) is 3. The zero-order chi connectivity index (χ0) is 21.8. The van der Waals surface area contributed by atoms with Crippen LogP contribution in [0.5, 0.6) is 0 Å². The molecule has 31 heavy (non-hydrogen) atoms. The Morgan fingerprint density at radius 1 is 0.774 bits per heavy atom. The third-order valence-corrected chi connectivity index (χ3v) is 6.02. The number of aromatic nitrogens is 1. The molecule has 156 valence electrons. The van der Waals surface area contributed by atoms with E-state index in [0.717, 1.165) is 10.2 Å². The number of carbonyl (C=O) groups excluding carboxylic acids is 2. The van der Waals surface area contributed by atoms with E-state index in [1.54, 1.807) is 41.3 Å². The third kappa shape index (κ3) is 4.71. The summed E-state index contributed by atoms with van der Waals surface area (Å²) in [6, 6.07) is 23.9. The van der Waals surface area contributed by atoms with E-state index >= 15 is 0 Å². The van der Waals surface area contributed by atoms with Gasteiger partial charge in [-0.3, -0.25) is 14.5 Å². The molecule has 0 bridgehead atoms. The fourth-order valence-corrected chi connectivity index (χ4v) is 4.23. The molecule has 4 aromatic rings. The lowest BCUT2D eigenvalue weighted by molar-refractivity contribution is 0.0982. The summed E-state index contributed by atoms with van der Waals surface area (Å²) in [5.41, 5.74) is 2.60. The lowest BCUT2D eigenvalue weighted by Gasteiger charge is -2.22. The van der Waals surface area contributed by atoms with E-state index in [4.69, 9.17) is 0 Å². The Morgan fingerprint density at radius 2 is 1.39 bits per heavy atom. The number of rotatable bonds is 7. The molecule has 0 atom stereocenters. The van der Waals surface area contributed by atoms with Crippen LogP contribution in [0.1, 0.15) is 26.3 Å². The normalized spacial score (nSPS) is 11.1. The van der Waals surface area contributed by atoms with E-state index in [1.807, 2.05) is 61.5 Å². The molecule has 0 N–H and O–H groups in total. The predicted octanol–water partition coefficient (Wildman–Crippen LogP) is 4.74. The molecule has 1 aromatic heterocycles. The van der Waals surface area contributed by atoms with E-state index in [2.05, 4.69) is 4.98 Å². The van der Waals surface area contributed by atoms with Gasteiger partial charge >= 0.3 is 0 Å². The summed E-state index contributed by atoms with van der Waals surface area (Å²) in [6.45, 7) is 1.24. The van der Waals surface area contributed by atoms with Crippen LogP contribution in [0.3, 0.4) is 0 Å². The van der Waals surface area contributed by atoms with Gasteiger partial charge < -0.3 is 4.90 Å². The first-order chi connectivity index (χ1) is 15.0. The Bertz CT molecular complexity index is 1170. The summed E-state index contributed by atoms with van der Waals surface area (Å²) in [5, 5.41) is 0.678. The van der Waals surface area contributed by atoms with Gasteiger partial charge in [-0.2, -0.15) is 0 Å². The minimum Gasteiger partial charge on any atom is -0.308 e. The lowest BCUT2D eigenvalue weighted by atomic mass is 10.0. The second kappa shape index (κ2) is 9.20. The Balaban J connectivity index is 1.61. The van der Waals surface area contributed by atoms with Gasteiger partial charge in [0.2, 0.25) is 0 Å². The van der Waals surface area contributed by atoms with Crippen molar-refractivity contribution in [3.8, 4) is 0 Å². The summed E-state index contributed by atoms with van der Waals surface area (Å²) >= 11 is 1.51. The minimum absolute atomic E-state index is 0.0600. The summed E-state index contributed by atoms with van der Waals surface area (Å²) in [7, 11) is 3.95. The zero-order valence-electron chi connectivity index (χ0n) is 17.5. The number of likely N-dealkylation sites (N-methyl/N-ethyl adjacent to an activating group) is 1. The number of thiazole rings is 1. The molecular weight excluding hydrogens is 406 g/mol. The second-order valence-corrected chi connectivity index (χ2v) is 8.51. The lowest BCUT2D eigenvalue weighted by Crippen LogP contribution is -2.36. The number of fused-ring (bicyclic) bond motifs is 1. The van der Waals surface area contributed by atoms with Crippen LogP contribution >= 0.6 is 11.3 Å². The van der Waals surface area contributed by atoms with Crippen LogP contribution in [-0.4, -0.2) is 48.8 Å². The van der Waals surface area contributed by atoms with Crippen molar-refractivity contribution in [1.82, 2.24) is 9.88 Å².